The summed E-state index contributed by atoms with van der Waals surface area (Å²) in [4.78, 5) is 18.7. The van der Waals surface area contributed by atoms with Crippen LogP contribution in [0.3, 0.4) is 0 Å². The molecule has 0 N–H and O–H groups in total. The molecule has 4 rings (SSSR count). The number of oxazole rings is 1. The maximum Gasteiger partial charge on any atom is 0.226 e. The second-order valence-electron chi connectivity index (χ2n) is 6.70. The smallest absolute Gasteiger partial charge is 0.226 e. The zero-order valence-corrected chi connectivity index (χ0v) is 15.3. The van der Waals surface area contributed by atoms with Gasteiger partial charge in [-0.05, 0) is 42.0 Å². The normalized spacial score (nSPS) is 15.1. The van der Waals surface area contributed by atoms with Gasteiger partial charge in [-0.15, -0.1) is 0 Å². The van der Waals surface area contributed by atoms with Crippen LogP contribution in [0.15, 0.2) is 53.3 Å². The van der Waals surface area contributed by atoms with Gasteiger partial charge in [-0.1, -0.05) is 6.07 Å². The first-order chi connectivity index (χ1) is 13.2. The number of aromatic nitrogens is 1. The Balaban J connectivity index is 1.29. The summed E-state index contributed by atoms with van der Waals surface area (Å²) in [5, 5.41) is 0. The SMILES string of the molecule is COc1ccc(OC2CCN(C(=O)Cc3ccc4ocnc4c3)CC2)cc1. The molecule has 6 nitrogen and oxygen atoms in total. The first-order valence-corrected chi connectivity index (χ1v) is 9.12. The van der Waals surface area contributed by atoms with E-state index in [0.29, 0.717) is 19.5 Å². The highest BCUT2D eigenvalue weighted by molar-refractivity contribution is 5.81. The standard InChI is InChI=1S/C21H22N2O4/c1-25-16-3-5-17(6-4-16)27-18-8-10-23(11-9-18)21(24)13-15-2-7-20-19(12-15)22-14-26-20/h2-7,12,14,18H,8-11,13H2,1H3. The van der Waals surface area contributed by atoms with E-state index in [1.165, 1.54) is 6.39 Å². The molecule has 1 fully saturated rings. The maximum atomic E-state index is 12.6. The third-order valence-electron chi connectivity index (χ3n) is 4.91. The molecule has 1 aromatic heterocycles. The minimum Gasteiger partial charge on any atom is -0.497 e. The predicted molar refractivity (Wildman–Crippen MR) is 101 cm³/mol. The molecule has 0 spiro atoms. The molecular formula is C21H22N2O4. The summed E-state index contributed by atoms with van der Waals surface area (Å²) in [7, 11) is 1.65. The van der Waals surface area contributed by atoms with Crippen molar-refractivity contribution in [3.8, 4) is 11.5 Å². The summed E-state index contributed by atoms with van der Waals surface area (Å²) >= 11 is 0. The molecule has 1 saturated heterocycles. The van der Waals surface area contributed by atoms with Crippen molar-refractivity contribution in [3.05, 3.63) is 54.4 Å². The molecule has 2 aromatic carbocycles. The molecule has 1 aliphatic heterocycles. The van der Waals surface area contributed by atoms with Crippen LogP contribution in [0.1, 0.15) is 18.4 Å². The summed E-state index contributed by atoms with van der Waals surface area (Å²) in [6.45, 7) is 1.43. The second kappa shape index (κ2) is 7.70. The van der Waals surface area contributed by atoms with E-state index < -0.39 is 0 Å². The van der Waals surface area contributed by atoms with E-state index in [-0.39, 0.29) is 12.0 Å². The molecule has 1 amide bonds. The lowest BCUT2D eigenvalue weighted by molar-refractivity contribution is -0.132. The van der Waals surface area contributed by atoms with Gasteiger partial charge in [0.15, 0.2) is 12.0 Å². The Labute approximate surface area is 157 Å². The summed E-state index contributed by atoms with van der Waals surface area (Å²) < 4.78 is 16.4. The fourth-order valence-electron chi connectivity index (χ4n) is 3.37. The average Bonchev–Trinajstić information content (AvgIpc) is 3.17. The van der Waals surface area contributed by atoms with Gasteiger partial charge in [0.1, 0.15) is 23.1 Å². The van der Waals surface area contributed by atoms with Gasteiger partial charge in [0, 0.05) is 25.9 Å². The van der Waals surface area contributed by atoms with Crippen LogP contribution >= 0.6 is 0 Å². The first-order valence-electron chi connectivity index (χ1n) is 9.12. The van der Waals surface area contributed by atoms with E-state index in [2.05, 4.69) is 4.98 Å². The van der Waals surface area contributed by atoms with Crippen molar-refractivity contribution in [3.63, 3.8) is 0 Å². The number of benzene rings is 2. The number of carbonyl (C=O) groups excluding carboxylic acids is 1. The number of hydrogen-bond donors (Lipinski definition) is 0. The van der Waals surface area contributed by atoms with Gasteiger partial charge in [0.05, 0.1) is 13.5 Å². The monoisotopic (exact) mass is 366 g/mol. The lowest BCUT2D eigenvalue weighted by atomic mass is 10.1. The van der Waals surface area contributed by atoms with Crippen LogP contribution in [0.4, 0.5) is 0 Å². The Morgan fingerprint density at radius 2 is 1.89 bits per heavy atom. The first kappa shape index (κ1) is 17.4. The van der Waals surface area contributed by atoms with E-state index >= 15 is 0 Å². The van der Waals surface area contributed by atoms with Crippen molar-refractivity contribution in [2.75, 3.05) is 20.2 Å². The summed E-state index contributed by atoms with van der Waals surface area (Å²) in [6, 6.07) is 13.3. The summed E-state index contributed by atoms with van der Waals surface area (Å²) in [5.41, 5.74) is 2.48. The van der Waals surface area contributed by atoms with Crippen molar-refractivity contribution >= 4 is 17.0 Å². The number of fused-ring (bicyclic) bond motifs is 1. The number of amides is 1. The molecule has 1 aliphatic rings. The molecule has 140 valence electrons. The van der Waals surface area contributed by atoms with E-state index in [4.69, 9.17) is 13.9 Å². The van der Waals surface area contributed by atoms with Crippen molar-refractivity contribution in [1.29, 1.82) is 0 Å². The van der Waals surface area contributed by atoms with Crippen LogP contribution in [-0.4, -0.2) is 42.1 Å². The number of likely N-dealkylation sites (tertiary alicyclic amines) is 1. The fraction of sp³-hybridized carbons (Fsp3) is 0.333. The highest BCUT2D eigenvalue weighted by Crippen LogP contribution is 2.22. The van der Waals surface area contributed by atoms with Gasteiger partial charge in [-0.3, -0.25) is 4.79 Å². The lowest BCUT2D eigenvalue weighted by Crippen LogP contribution is -2.42. The number of nitrogens with zero attached hydrogens (tertiary/aromatic N) is 2. The molecular weight excluding hydrogens is 344 g/mol. The number of rotatable bonds is 5. The van der Waals surface area contributed by atoms with Gasteiger partial charge in [-0.25, -0.2) is 4.98 Å². The zero-order chi connectivity index (χ0) is 18.6. The molecule has 3 aromatic rings. The molecule has 27 heavy (non-hydrogen) atoms. The van der Waals surface area contributed by atoms with Gasteiger partial charge < -0.3 is 18.8 Å². The molecule has 6 heteroatoms. The van der Waals surface area contributed by atoms with Gasteiger partial charge in [-0.2, -0.15) is 0 Å². The van der Waals surface area contributed by atoms with Crippen molar-refractivity contribution in [2.45, 2.75) is 25.4 Å². The fourth-order valence-corrected chi connectivity index (χ4v) is 3.37. The molecule has 0 aliphatic carbocycles. The molecule has 0 saturated carbocycles. The Morgan fingerprint density at radius 1 is 1.15 bits per heavy atom. The molecule has 0 atom stereocenters. The van der Waals surface area contributed by atoms with E-state index in [9.17, 15) is 4.79 Å². The molecule has 0 bridgehead atoms. The highest BCUT2D eigenvalue weighted by atomic mass is 16.5. The van der Waals surface area contributed by atoms with Crippen molar-refractivity contribution in [1.82, 2.24) is 9.88 Å². The number of piperidine rings is 1. The van der Waals surface area contributed by atoms with Crippen LogP contribution in [0.2, 0.25) is 0 Å². The molecule has 2 heterocycles. The number of hydrogen-bond acceptors (Lipinski definition) is 5. The number of methoxy groups -OCH3 is 1. The van der Waals surface area contributed by atoms with Gasteiger partial charge in [0.25, 0.3) is 0 Å². The molecule has 0 unspecified atom stereocenters. The zero-order valence-electron chi connectivity index (χ0n) is 15.3. The Hall–Kier alpha value is -3.02. The van der Waals surface area contributed by atoms with Crippen molar-refractivity contribution < 1.29 is 18.7 Å². The average molecular weight is 366 g/mol. The van der Waals surface area contributed by atoms with Crippen LogP contribution in [0.5, 0.6) is 11.5 Å². The van der Waals surface area contributed by atoms with E-state index in [1.54, 1.807) is 7.11 Å². The van der Waals surface area contributed by atoms with E-state index in [0.717, 1.165) is 41.0 Å². The summed E-state index contributed by atoms with van der Waals surface area (Å²) in [5.74, 6) is 1.79. The van der Waals surface area contributed by atoms with E-state index in [1.807, 2.05) is 47.4 Å². The number of carbonyl (C=O) groups is 1. The van der Waals surface area contributed by atoms with Gasteiger partial charge in [0.2, 0.25) is 5.91 Å². The van der Waals surface area contributed by atoms with Crippen LogP contribution in [-0.2, 0) is 11.2 Å². The van der Waals surface area contributed by atoms with Crippen LogP contribution in [0, 0.1) is 0 Å². The number of ether oxygens (including phenoxy) is 2. The van der Waals surface area contributed by atoms with Crippen molar-refractivity contribution in [2.24, 2.45) is 0 Å². The largest absolute Gasteiger partial charge is 0.497 e. The lowest BCUT2D eigenvalue weighted by Gasteiger charge is -2.32. The van der Waals surface area contributed by atoms with Crippen LogP contribution in [0.25, 0.3) is 11.1 Å². The third kappa shape index (κ3) is 4.05. The third-order valence-corrected chi connectivity index (χ3v) is 4.91. The Bertz CT molecular complexity index is 911. The van der Waals surface area contributed by atoms with Gasteiger partial charge >= 0.3 is 0 Å². The Morgan fingerprint density at radius 3 is 2.63 bits per heavy atom. The van der Waals surface area contributed by atoms with Crippen LogP contribution < -0.4 is 9.47 Å². The molecule has 0 radical (unpaired) electrons. The summed E-state index contributed by atoms with van der Waals surface area (Å²) in [6.07, 6.45) is 3.60. The maximum absolute atomic E-state index is 12.6. The Kier molecular flexibility index (Phi) is 4.96. The predicted octanol–water partition coefficient (Wildman–Crippen LogP) is 3.45. The minimum absolute atomic E-state index is 0.133. The topological polar surface area (TPSA) is 64.8 Å². The minimum atomic E-state index is 0.133. The quantitative estimate of drug-likeness (QED) is 0.692. The highest BCUT2D eigenvalue weighted by Gasteiger charge is 2.24. The second-order valence-corrected chi connectivity index (χ2v) is 6.70.